The van der Waals surface area contributed by atoms with E-state index in [1.54, 1.807) is 18.4 Å². The number of carbonyl (C=O) groups excluding carboxylic acids is 1. The Bertz CT molecular complexity index is 536. The number of ether oxygens (including phenoxy) is 1. The molecule has 7 heteroatoms. The van der Waals surface area contributed by atoms with Crippen molar-refractivity contribution in [3.05, 3.63) is 24.3 Å². The van der Waals surface area contributed by atoms with Crippen LogP contribution in [0.4, 0.5) is 0 Å². The van der Waals surface area contributed by atoms with Crippen LogP contribution in [0.15, 0.2) is 27.3 Å². The fourth-order valence-electron chi connectivity index (χ4n) is 1.73. The van der Waals surface area contributed by atoms with Crippen molar-refractivity contribution in [1.82, 2.24) is 15.0 Å². The van der Waals surface area contributed by atoms with Gasteiger partial charge in [0.15, 0.2) is 5.76 Å². The molecule has 0 unspecified atom stereocenters. The Morgan fingerprint density at radius 2 is 2.35 bits per heavy atom. The standard InChI is InChI=1S/C13H17N3O4/c1-16(7-3-6-12(17)18-2)9-11-14-13(15-20-11)10-5-4-8-19-10/h4-5,8H,3,6-7,9H2,1-2H3. The molecule has 0 aliphatic carbocycles. The lowest BCUT2D eigenvalue weighted by Crippen LogP contribution is -2.20. The van der Waals surface area contributed by atoms with Gasteiger partial charge in [0.2, 0.25) is 11.7 Å². The maximum Gasteiger partial charge on any atom is 0.305 e. The first-order valence-electron chi connectivity index (χ1n) is 6.31. The molecule has 0 aliphatic rings. The van der Waals surface area contributed by atoms with Gasteiger partial charge in [0.05, 0.1) is 19.9 Å². The summed E-state index contributed by atoms with van der Waals surface area (Å²) in [7, 11) is 3.31. The Hall–Kier alpha value is -2.15. The van der Waals surface area contributed by atoms with E-state index in [0.29, 0.717) is 30.4 Å². The molecule has 2 heterocycles. The summed E-state index contributed by atoms with van der Waals surface area (Å²) in [5.41, 5.74) is 0. The van der Waals surface area contributed by atoms with Crippen LogP contribution in [0.5, 0.6) is 0 Å². The van der Waals surface area contributed by atoms with Crippen LogP contribution in [-0.2, 0) is 16.1 Å². The molecule has 20 heavy (non-hydrogen) atoms. The second kappa shape index (κ2) is 6.85. The van der Waals surface area contributed by atoms with Crippen LogP contribution in [0.2, 0.25) is 0 Å². The number of hydrogen-bond donors (Lipinski definition) is 0. The lowest BCUT2D eigenvalue weighted by molar-refractivity contribution is -0.140. The van der Waals surface area contributed by atoms with Gasteiger partial charge >= 0.3 is 5.97 Å². The van der Waals surface area contributed by atoms with Crippen molar-refractivity contribution in [2.75, 3.05) is 20.7 Å². The predicted octanol–water partition coefficient (Wildman–Crippen LogP) is 1.71. The Morgan fingerprint density at radius 3 is 3.05 bits per heavy atom. The molecule has 0 amide bonds. The zero-order chi connectivity index (χ0) is 14.4. The molecule has 2 aromatic rings. The number of rotatable bonds is 7. The highest BCUT2D eigenvalue weighted by molar-refractivity contribution is 5.69. The SMILES string of the molecule is COC(=O)CCCN(C)Cc1nc(-c2ccco2)no1. The zero-order valence-electron chi connectivity index (χ0n) is 11.5. The van der Waals surface area contributed by atoms with Crippen molar-refractivity contribution in [3.8, 4) is 11.6 Å². The summed E-state index contributed by atoms with van der Waals surface area (Å²) in [6.07, 6.45) is 2.69. The van der Waals surface area contributed by atoms with Crippen molar-refractivity contribution < 1.29 is 18.5 Å². The molecule has 0 bridgehead atoms. The average molecular weight is 279 g/mol. The van der Waals surface area contributed by atoms with Crippen LogP contribution < -0.4 is 0 Å². The van der Waals surface area contributed by atoms with E-state index in [1.165, 1.54) is 7.11 Å². The molecule has 0 saturated carbocycles. The van der Waals surface area contributed by atoms with Crippen molar-refractivity contribution in [1.29, 1.82) is 0 Å². The Kier molecular flexibility index (Phi) is 4.89. The lowest BCUT2D eigenvalue weighted by Gasteiger charge is -2.12. The van der Waals surface area contributed by atoms with Gasteiger partial charge in [-0.3, -0.25) is 9.69 Å². The molecule has 0 aromatic carbocycles. The molecule has 0 radical (unpaired) electrons. The number of aromatic nitrogens is 2. The van der Waals surface area contributed by atoms with Gasteiger partial charge in [-0.15, -0.1) is 0 Å². The monoisotopic (exact) mass is 279 g/mol. The van der Waals surface area contributed by atoms with Gasteiger partial charge in [0, 0.05) is 6.42 Å². The number of hydrogen-bond acceptors (Lipinski definition) is 7. The normalized spacial score (nSPS) is 10.9. The molecule has 0 saturated heterocycles. The van der Waals surface area contributed by atoms with Crippen LogP contribution >= 0.6 is 0 Å². The van der Waals surface area contributed by atoms with Crippen LogP contribution in [0, 0.1) is 0 Å². The van der Waals surface area contributed by atoms with Gasteiger partial charge in [-0.25, -0.2) is 0 Å². The molecule has 2 rings (SSSR count). The minimum absolute atomic E-state index is 0.198. The van der Waals surface area contributed by atoms with Crippen LogP contribution in [-0.4, -0.2) is 41.7 Å². The van der Waals surface area contributed by atoms with E-state index in [4.69, 9.17) is 8.94 Å². The molecule has 0 aliphatic heterocycles. The van der Waals surface area contributed by atoms with Gasteiger partial charge < -0.3 is 13.7 Å². The zero-order valence-corrected chi connectivity index (χ0v) is 11.5. The third-order valence-electron chi connectivity index (χ3n) is 2.76. The fraction of sp³-hybridized carbons (Fsp3) is 0.462. The molecule has 0 fully saturated rings. The Morgan fingerprint density at radius 1 is 1.50 bits per heavy atom. The molecule has 2 aromatic heterocycles. The minimum Gasteiger partial charge on any atom is -0.469 e. The predicted molar refractivity (Wildman–Crippen MR) is 69.6 cm³/mol. The first-order chi connectivity index (χ1) is 9.69. The fourth-order valence-corrected chi connectivity index (χ4v) is 1.73. The summed E-state index contributed by atoms with van der Waals surface area (Å²) < 4.78 is 14.9. The summed E-state index contributed by atoms with van der Waals surface area (Å²) in [4.78, 5) is 17.2. The third-order valence-corrected chi connectivity index (χ3v) is 2.76. The van der Waals surface area contributed by atoms with E-state index in [1.807, 2.05) is 11.9 Å². The second-order valence-corrected chi connectivity index (χ2v) is 4.41. The molecule has 0 N–H and O–H groups in total. The van der Waals surface area contributed by atoms with E-state index in [0.717, 1.165) is 13.0 Å². The van der Waals surface area contributed by atoms with Gasteiger partial charge in [-0.1, -0.05) is 5.16 Å². The molecular weight excluding hydrogens is 262 g/mol. The second-order valence-electron chi connectivity index (χ2n) is 4.41. The number of nitrogens with zero attached hydrogens (tertiary/aromatic N) is 3. The lowest BCUT2D eigenvalue weighted by atomic mass is 10.3. The minimum atomic E-state index is -0.198. The van der Waals surface area contributed by atoms with E-state index in [2.05, 4.69) is 14.9 Å². The van der Waals surface area contributed by atoms with Crippen molar-refractivity contribution in [2.45, 2.75) is 19.4 Å². The first kappa shape index (κ1) is 14.3. The van der Waals surface area contributed by atoms with E-state index < -0.39 is 0 Å². The van der Waals surface area contributed by atoms with Crippen molar-refractivity contribution in [2.24, 2.45) is 0 Å². The third kappa shape index (κ3) is 3.92. The summed E-state index contributed by atoms with van der Waals surface area (Å²) in [5.74, 6) is 1.33. The van der Waals surface area contributed by atoms with Crippen LogP contribution in [0.3, 0.4) is 0 Å². The maximum atomic E-state index is 11.0. The molecule has 108 valence electrons. The van der Waals surface area contributed by atoms with E-state index in [9.17, 15) is 4.79 Å². The number of carbonyl (C=O) groups is 1. The summed E-state index contributed by atoms with van der Waals surface area (Å²) >= 11 is 0. The smallest absolute Gasteiger partial charge is 0.305 e. The van der Waals surface area contributed by atoms with Gasteiger partial charge in [-0.2, -0.15) is 4.98 Å². The summed E-state index contributed by atoms with van der Waals surface area (Å²) in [6.45, 7) is 1.27. The topological polar surface area (TPSA) is 81.6 Å². The number of methoxy groups -OCH3 is 1. The molecule has 7 nitrogen and oxygen atoms in total. The van der Waals surface area contributed by atoms with Crippen molar-refractivity contribution in [3.63, 3.8) is 0 Å². The molecule has 0 atom stereocenters. The molecular formula is C13H17N3O4. The van der Waals surface area contributed by atoms with Crippen molar-refractivity contribution >= 4 is 5.97 Å². The highest BCUT2D eigenvalue weighted by atomic mass is 16.5. The Balaban J connectivity index is 1.80. The van der Waals surface area contributed by atoms with Gasteiger partial charge in [-0.05, 0) is 32.1 Å². The van der Waals surface area contributed by atoms with Gasteiger partial charge in [0.25, 0.3) is 0 Å². The highest BCUT2D eigenvalue weighted by Crippen LogP contribution is 2.16. The number of furan rings is 1. The highest BCUT2D eigenvalue weighted by Gasteiger charge is 2.12. The molecule has 0 spiro atoms. The maximum absolute atomic E-state index is 11.0. The average Bonchev–Trinajstić information content (AvgIpc) is 3.08. The summed E-state index contributed by atoms with van der Waals surface area (Å²) in [6, 6.07) is 3.54. The van der Waals surface area contributed by atoms with E-state index >= 15 is 0 Å². The first-order valence-corrected chi connectivity index (χ1v) is 6.31. The number of esters is 1. The van der Waals surface area contributed by atoms with E-state index in [-0.39, 0.29) is 5.97 Å². The van der Waals surface area contributed by atoms with Crippen LogP contribution in [0.25, 0.3) is 11.6 Å². The summed E-state index contributed by atoms with van der Waals surface area (Å²) in [5, 5.41) is 3.85. The largest absolute Gasteiger partial charge is 0.469 e. The quantitative estimate of drug-likeness (QED) is 0.713. The van der Waals surface area contributed by atoms with Gasteiger partial charge in [0.1, 0.15) is 0 Å². The Labute approximate surface area is 116 Å². The van der Waals surface area contributed by atoms with Crippen LogP contribution in [0.1, 0.15) is 18.7 Å².